The minimum absolute atomic E-state index is 0.000363. The van der Waals surface area contributed by atoms with Crippen molar-refractivity contribution < 1.29 is 94.4 Å². The van der Waals surface area contributed by atoms with Gasteiger partial charge in [0.1, 0.15) is 67.1 Å². The standard InChI is InChI=1S/C47H80O19/c1-42(2)27(51)10-12-44(5)26-15-21(50)29-20(47(8)14-11-28(66-47)43(3,4)59)9-13-45(29,6)46(26,7)16-22(38(42)44)61-41-37(34(56)31(53)24(18-49)63-41)65-39-35(57)32(54)25(19-60-39)64-40-36(58)33(55)30(52)23(17-48)62-40/h20-41,48-59H,9-19H2,1-8H3/t20-,21+,22-,23+,24+,25+,26+,27-,28-,29?,30+,31+,32-,33-,34-,35+,36+,37+,38?,39-,40+,41+,44+,45+,46+,47-/m0/s1. The molecule has 4 aliphatic carbocycles. The first-order valence-electron chi connectivity index (χ1n) is 24.3. The molecule has 66 heavy (non-hydrogen) atoms. The van der Waals surface area contributed by atoms with E-state index in [1.807, 2.05) is 13.8 Å². The van der Waals surface area contributed by atoms with Crippen molar-refractivity contribution in [2.24, 2.45) is 45.3 Å². The zero-order chi connectivity index (χ0) is 48.4. The lowest BCUT2D eigenvalue weighted by molar-refractivity contribution is -0.383. The highest BCUT2D eigenvalue weighted by atomic mass is 16.8. The third-order valence-electron chi connectivity index (χ3n) is 19.1. The smallest absolute Gasteiger partial charge is 0.187 e. The molecule has 0 aromatic heterocycles. The van der Waals surface area contributed by atoms with Crippen LogP contribution in [0.4, 0.5) is 0 Å². The predicted molar refractivity (Wildman–Crippen MR) is 228 cm³/mol. The SMILES string of the molecule is CC(C)(O)[C@@H]1CC[C@@](C)([C@H]2CC[C@]3(C)C2[C@H](O)C[C@@H]2[C@@]4(C)CC[C@H](O)C(C)(C)C4[C@@H](O[C@@H]4O[C@H](CO)[C@@H](O)[C@H](O)[C@H]4O[C@@H]4OC[C@@H](O[C@H]5O[C@H](CO)[C@@H](O)[C@H](O)[C@H]5O)[C@H](O)[C@H]4O)C[C@]23C)O1. The summed E-state index contributed by atoms with van der Waals surface area (Å²) in [6.45, 7) is 14.7. The van der Waals surface area contributed by atoms with Crippen molar-refractivity contribution in [1.82, 2.24) is 0 Å². The highest BCUT2D eigenvalue weighted by molar-refractivity contribution is 5.22. The number of rotatable bonds is 10. The molecule has 4 saturated carbocycles. The molecular weight excluding hydrogens is 868 g/mol. The fourth-order valence-corrected chi connectivity index (χ4v) is 15.3. The molecule has 0 aromatic carbocycles. The minimum atomic E-state index is -1.87. The molecule has 0 radical (unpaired) electrons. The van der Waals surface area contributed by atoms with Gasteiger partial charge in [0.2, 0.25) is 0 Å². The van der Waals surface area contributed by atoms with Gasteiger partial charge in [-0.15, -0.1) is 0 Å². The first kappa shape index (κ1) is 51.6. The van der Waals surface area contributed by atoms with E-state index in [1.165, 1.54) is 0 Å². The molecule has 8 aliphatic rings. The van der Waals surface area contributed by atoms with Crippen LogP contribution in [0.5, 0.6) is 0 Å². The van der Waals surface area contributed by atoms with E-state index in [1.54, 1.807) is 13.8 Å². The highest BCUT2D eigenvalue weighted by Crippen LogP contribution is 2.76. The average Bonchev–Trinajstić information content (AvgIpc) is 3.85. The third kappa shape index (κ3) is 8.16. The molecule has 4 heterocycles. The van der Waals surface area contributed by atoms with Crippen LogP contribution in [-0.2, 0) is 33.2 Å². The summed E-state index contributed by atoms with van der Waals surface area (Å²) in [5, 5.41) is 132. The van der Waals surface area contributed by atoms with E-state index in [0.717, 1.165) is 19.3 Å². The van der Waals surface area contributed by atoms with Crippen molar-refractivity contribution in [2.75, 3.05) is 19.8 Å². The van der Waals surface area contributed by atoms with Gasteiger partial charge in [-0.2, -0.15) is 0 Å². The Balaban J connectivity index is 1.08. The Kier molecular flexibility index (Phi) is 14.1. The summed E-state index contributed by atoms with van der Waals surface area (Å²) >= 11 is 0. The summed E-state index contributed by atoms with van der Waals surface area (Å²) in [6.07, 6.45) is -19.7. The van der Waals surface area contributed by atoms with Crippen LogP contribution in [0.25, 0.3) is 0 Å². The van der Waals surface area contributed by atoms with Gasteiger partial charge in [-0.3, -0.25) is 0 Å². The number of hydrogen-bond donors (Lipinski definition) is 12. The lowest BCUT2D eigenvalue weighted by Gasteiger charge is -2.72. The van der Waals surface area contributed by atoms with Gasteiger partial charge < -0.3 is 94.4 Å². The molecule has 0 amide bonds. The summed E-state index contributed by atoms with van der Waals surface area (Å²) in [6, 6.07) is 0. The molecule has 8 rings (SSSR count). The molecule has 8 fully saturated rings. The molecule has 4 saturated heterocycles. The van der Waals surface area contributed by atoms with Crippen molar-refractivity contribution in [1.29, 1.82) is 0 Å². The average molecular weight is 949 g/mol. The lowest BCUT2D eigenvalue weighted by Crippen LogP contribution is -2.71. The largest absolute Gasteiger partial charge is 0.394 e. The topological polar surface area (TPSA) is 307 Å². The molecule has 19 heteroatoms. The maximum atomic E-state index is 12.5. The van der Waals surface area contributed by atoms with Crippen LogP contribution in [0.1, 0.15) is 107 Å². The summed E-state index contributed by atoms with van der Waals surface area (Å²) < 4.78 is 43.3. The second-order valence-electron chi connectivity index (χ2n) is 23.6. The van der Waals surface area contributed by atoms with Gasteiger partial charge >= 0.3 is 0 Å². The summed E-state index contributed by atoms with van der Waals surface area (Å²) in [4.78, 5) is 0. The number of aliphatic hydroxyl groups excluding tert-OH is 11. The normalized spacial score (nSPS) is 56.4. The minimum Gasteiger partial charge on any atom is -0.394 e. The second kappa shape index (κ2) is 18.1. The zero-order valence-electron chi connectivity index (χ0n) is 39.7. The van der Waals surface area contributed by atoms with Crippen LogP contribution < -0.4 is 0 Å². The number of fused-ring (bicyclic) bond motifs is 5. The Hall–Kier alpha value is -0.760. The maximum absolute atomic E-state index is 12.5. The van der Waals surface area contributed by atoms with Gasteiger partial charge in [0.15, 0.2) is 18.9 Å². The number of aliphatic hydroxyl groups is 12. The van der Waals surface area contributed by atoms with Crippen LogP contribution in [0.2, 0.25) is 0 Å². The summed E-state index contributed by atoms with van der Waals surface area (Å²) in [7, 11) is 0. The first-order valence-corrected chi connectivity index (χ1v) is 24.3. The molecule has 19 nitrogen and oxygen atoms in total. The van der Waals surface area contributed by atoms with Crippen molar-refractivity contribution in [3.8, 4) is 0 Å². The summed E-state index contributed by atoms with van der Waals surface area (Å²) in [5.74, 6) is -0.465. The quantitative estimate of drug-likeness (QED) is 0.114. The monoisotopic (exact) mass is 949 g/mol. The van der Waals surface area contributed by atoms with Gasteiger partial charge in [0.05, 0.1) is 55.4 Å². The number of hydrogen-bond acceptors (Lipinski definition) is 19. The van der Waals surface area contributed by atoms with Crippen molar-refractivity contribution >= 4 is 0 Å². The maximum Gasteiger partial charge on any atom is 0.187 e. The molecule has 4 aliphatic heterocycles. The van der Waals surface area contributed by atoms with Crippen LogP contribution >= 0.6 is 0 Å². The highest BCUT2D eigenvalue weighted by Gasteiger charge is 2.74. The second-order valence-corrected chi connectivity index (χ2v) is 23.6. The van der Waals surface area contributed by atoms with Gasteiger partial charge in [0, 0.05) is 0 Å². The Labute approximate surface area is 387 Å². The van der Waals surface area contributed by atoms with Crippen LogP contribution in [-0.4, -0.2) is 203 Å². The van der Waals surface area contributed by atoms with E-state index in [9.17, 15) is 61.3 Å². The van der Waals surface area contributed by atoms with E-state index in [0.29, 0.717) is 32.1 Å². The first-order chi connectivity index (χ1) is 30.7. The van der Waals surface area contributed by atoms with E-state index in [-0.39, 0.29) is 29.8 Å². The fourth-order valence-electron chi connectivity index (χ4n) is 15.3. The zero-order valence-corrected chi connectivity index (χ0v) is 39.7. The van der Waals surface area contributed by atoms with Gasteiger partial charge in [-0.05, 0) is 117 Å². The molecule has 26 atom stereocenters. The Morgan fingerprint density at radius 1 is 0.621 bits per heavy atom. The number of ether oxygens (including phenoxy) is 7. The van der Waals surface area contributed by atoms with Crippen molar-refractivity contribution in [3.63, 3.8) is 0 Å². The molecule has 0 aromatic rings. The Bertz CT molecular complexity index is 1700. The van der Waals surface area contributed by atoms with Gasteiger partial charge in [-0.1, -0.05) is 34.6 Å². The molecule has 382 valence electrons. The van der Waals surface area contributed by atoms with Crippen LogP contribution in [0, 0.1) is 45.3 Å². The van der Waals surface area contributed by atoms with E-state index in [2.05, 4.69) is 27.7 Å². The van der Waals surface area contributed by atoms with Crippen molar-refractivity contribution in [3.05, 3.63) is 0 Å². The van der Waals surface area contributed by atoms with E-state index < -0.39 is 157 Å². The van der Waals surface area contributed by atoms with E-state index in [4.69, 9.17) is 33.2 Å². The van der Waals surface area contributed by atoms with Crippen LogP contribution in [0.3, 0.4) is 0 Å². The van der Waals surface area contributed by atoms with E-state index >= 15 is 0 Å². The lowest BCUT2D eigenvalue weighted by atomic mass is 9.34. The van der Waals surface area contributed by atoms with Gasteiger partial charge in [-0.25, -0.2) is 0 Å². The van der Waals surface area contributed by atoms with Crippen LogP contribution in [0.15, 0.2) is 0 Å². The predicted octanol–water partition coefficient (Wildman–Crippen LogP) is -1.21. The van der Waals surface area contributed by atoms with Crippen molar-refractivity contribution in [2.45, 2.75) is 228 Å². The Morgan fingerprint density at radius 2 is 1.23 bits per heavy atom. The molecule has 2 unspecified atom stereocenters. The molecule has 0 spiro atoms. The molecular formula is C47H80O19. The van der Waals surface area contributed by atoms with Gasteiger partial charge in [0.25, 0.3) is 0 Å². The fraction of sp³-hybridized carbons (Fsp3) is 1.00. The molecule has 0 bridgehead atoms. The Morgan fingerprint density at radius 3 is 1.85 bits per heavy atom. The third-order valence-corrected chi connectivity index (χ3v) is 19.1. The molecule has 12 N–H and O–H groups in total. The summed E-state index contributed by atoms with van der Waals surface area (Å²) in [5.41, 5.74) is -3.68.